The number of carboxylic acid groups (broad SMARTS) is 1. The number of methoxy groups -OCH3 is 1. The van der Waals surface area contributed by atoms with Gasteiger partial charge in [0, 0.05) is 29.4 Å². The van der Waals surface area contributed by atoms with Gasteiger partial charge in [0.2, 0.25) is 0 Å². The highest BCUT2D eigenvalue weighted by Gasteiger charge is 2.32. The Morgan fingerprint density at radius 1 is 1.29 bits per heavy atom. The first kappa shape index (κ1) is 14.1. The molecule has 1 aromatic carbocycles. The summed E-state index contributed by atoms with van der Waals surface area (Å²) in [5, 5.41) is 8.88. The molecule has 0 atom stereocenters. The van der Waals surface area contributed by atoms with Gasteiger partial charge in [-0.05, 0) is 42.0 Å². The Morgan fingerprint density at radius 2 is 2.00 bits per heavy atom. The second kappa shape index (κ2) is 5.87. The lowest BCUT2D eigenvalue weighted by Gasteiger charge is -2.36. The SMILES string of the molecule is COc1ccc(-c2ccc(CN3CC(C(=O)O)C3)s2)cc1. The van der Waals surface area contributed by atoms with E-state index in [-0.39, 0.29) is 5.92 Å². The number of benzene rings is 1. The summed E-state index contributed by atoms with van der Waals surface area (Å²) in [5.41, 5.74) is 1.18. The molecule has 4 nitrogen and oxygen atoms in total. The summed E-state index contributed by atoms with van der Waals surface area (Å²) in [6.45, 7) is 2.15. The summed E-state index contributed by atoms with van der Waals surface area (Å²) in [4.78, 5) is 15.4. The maximum absolute atomic E-state index is 10.8. The van der Waals surface area contributed by atoms with Crippen molar-refractivity contribution in [2.45, 2.75) is 6.54 Å². The molecule has 1 aliphatic heterocycles. The summed E-state index contributed by atoms with van der Waals surface area (Å²) >= 11 is 1.76. The first-order valence-electron chi connectivity index (χ1n) is 6.84. The number of rotatable bonds is 5. The second-order valence-corrected chi connectivity index (χ2v) is 6.39. The summed E-state index contributed by atoms with van der Waals surface area (Å²) in [6.07, 6.45) is 0. The van der Waals surface area contributed by atoms with E-state index < -0.39 is 5.97 Å². The van der Waals surface area contributed by atoms with Gasteiger partial charge in [-0.3, -0.25) is 9.69 Å². The van der Waals surface area contributed by atoms with Gasteiger partial charge in [-0.2, -0.15) is 0 Å². The number of aliphatic carboxylic acids is 1. The first-order chi connectivity index (χ1) is 10.2. The zero-order valence-electron chi connectivity index (χ0n) is 11.8. The van der Waals surface area contributed by atoms with E-state index in [2.05, 4.69) is 29.2 Å². The zero-order valence-corrected chi connectivity index (χ0v) is 12.6. The van der Waals surface area contributed by atoms with Gasteiger partial charge in [0.05, 0.1) is 13.0 Å². The maximum atomic E-state index is 10.8. The molecule has 0 saturated carbocycles. The molecule has 5 heteroatoms. The molecular formula is C16H17NO3S. The fourth-order valence-corrected chi connectivity index (χ4v) is 3.50. The van der Waals surface area contributed by atoms with Crippen LogP contribution in [0.4, 0.5) is 0 Å². The average molecular weight is 303 g/mol. The molecule has 1 saturated heterocycles. The van der Waals surface area contributed by atoms with Crippen LogP contribution in [0.25, 0.3) is 10.4 Å². The lowest BCUT2D eigenvalue weighted by atomic mass is 10.0. The van der Waals surface area contributed by atoms with E-state index >= 15 is 0 Å². The Morgan fingerprint density at radius 3 is 2.62 bits per heavy atom. The normalized spacial score (nSPS) is 15.7. The number of carbonyl (C=O) groups is 1. The molecule has 0 spiro atoms. The fourth-order valence-electron chi connectivity index (χ4n) is 2.45. The Labute approximate surface area is 127 Å². The van der Waals surface area contributed by atoms with Gasteiger partial charge >= 0.3 is 5.97 Å². The molecule has 0 amide bonds. The van der Waals surface area contributed by atoms with Crippen LogP contribution in [0.3, 0.4) is 0 Å². The minimum absolute atomic E-state index is 0.189. The molecule has 1 aromatic heterocycles. The summed E-state index contributed by atoms with van der Waals surface area (Å²) < 4.78 is 5.16. The standard InChI is InChI=1S/C16H17NO3S/c1-20-13-4-2-11(3-5-13)15-7-6-14(21-15)10-17-8-12(9-17)16(18)19/h2-7,12H,8-10H2,1H3,(H,18,19). The zero-order chi connectivity index (χ0) is 14.8. The molecule has 1 N–H and O–H groups in total. The van der Waals surface area contributed by atoms with Crippen molar-refractivity contribution >= 4 is 17.3 Å². The van der Waals surface area contributed by atoms with Crippen molar-refractivity contribution in [1.82, 2.24) is 4.90 Å². The smallest absolute Gasteiger partial charge is 0.309 e. The van der Waals surface area contributed by atoms with Crippen LogP contribution >= 0.6 is 11.3 Å². The third kappa shape index (κ3) is 3.09. The lowest BCUT2D eigenvalue weighted by molar-refractivity contribution is -0.147. The largest absolute Gasteiger partial charge is 0.497 e. The number of hydrogen-bond donors (Lipinski definition) is 1. The number of thiophene rings is 1. The minimum atomic E-state index is -0.684. The van der Waals surface area contributed by atoms with E-state index in [0.29, 0.717) is 13.1 Å². The average Bonchev–Trinajstić information content (AvgIpc) is 2.90. The molecule has 2 heterocycles. The van der Waals surface area contributed by atoms with Gasteiger partial charge in [0.25, 0.3) is 0 Å². The highest BCUT2D eigenvalue weighted by atomic mass is 32.1. The highest BCUT2D eigenvalue weighted by Crippen LogP contribution is 2.31. The molecule has 0 bridgehead atoms. The van der Waals surface area contributed by atoms with Crippen molar-refractivity contribution in [1.29, 1.82) is 0 Å². The van der Waals surface area contributed by atoms with Crippen LogP contribution in [0.15, 0.2) is 36.4 Å². The van der Waals surface area contributed by atoms with Crippen molar-refractivity contribution in [2.75, 3.05) is 20.2 Å². The van der Waals surface area contributed by atoms with E-state index in [4.69, 9.17) is 9.84 Å². The van der Waals surface area contributed by atoms with Gasteiger partial charge in [-0.1, -0.05) is 0 Å². The quantitative estimate of drug-likeness (QED) is 0.922. The summed E-state index contributed by atoms with van der Waals surface area (Å²) in [6, 6.07) is 12.3. The topological polar surface area (TPSA) is 49.8 Å². The molecular weight excluding hydrogens is 286 g/mol. The Kier molecular flexibility index (Phi) is 3.94. The Hall–Kier alpha value is -1.85. The third-order valence-electron chi connectivity index (χ3n) is 3.72. The summed E-state index contributed by atoms with van der Waals surface area (Å²) in [7, 11) is 1.66. The Bertz CT molecular complexity index is 629. The molecule has 110 valence electrons. The molecule has 3 rings (SSSR count). The number of carboxylic acids is 1. The molecule has 0 radical (unpaired) electrons. The van der Waals surface area contributed by atoms with Crippen LogP contribution in [0.5, 0.6) is 5.75 Å². The van der Waals surface area contributed by atoms with E-state index in [9.17, 15) is 4.79 Å². The number of nitrogens with zero attached hydrogens (tertiary/aromatic N) is 1. The van der Waals surface area contributed by atoms with Crippen LogP contribution in [0.1, 0.15) is 4.88 Å². The van der Waals surface area contributed by atoms with E-state index in [1.807, 2.05) is 12.1 Å². The van der Waals surface area contributed by atoms with Crippen LogP contribution in [0.2, 0.25) is 0 Å². The van der Waals surface area contributed by atoms with E-state index in [1.54, 1.807) is 18.4 Å². The van der Waals surface area contributed by atoms with Crippen molar-refractivity contribution < 1.29 is 14.6 Å². The van der Waals surface area contributed by atoms with Crippen molar-refractivity contribution in [3.05, 3.63) is 41.3 Å². The predicted octanol–water partition coefficient (Wildman–Crippen LogP) is 2.94. The number of likely N-dealkylation sites (tertiary alicyclic amines) is 1. The Balaban J connectivity index is 1.62. The predicted molar refractivity (Wildman–Crippen MR) is 82.7 cm³/mol. The van der Waals surface area contributed by atoms with Gasteiger partial charge in [0.15, 0.2) is 0 Å². The monoisotopic (exact) mass is 303 g/mol. The van der Waals surface area contributed by atoms with Gasteiger partial charge in [-0.25, -0.2) is 0 Å². The molecule has 0 unspecified atom stereocenters. The van der Waals surface area contributed by atoms with Gasteiger partial charge in [-0.15, -0.1) is 11.3 Å². The lowest BCUT2D eigenvalue weighted by Crippen LogP contribution is -2.49. The fraction of sp³-hybridized carbons (Fsp3) is 0.312. The van der Waals surface area contributed by atoms with E-state index in [0.717, 1.165) is 12.3 Å². The second-order valence-electron chi connectivity index (χ2n) is 5.22. The molecule has 0 aliphatic carbocycles. The van der Waals surface area contributed by atoms with Crippen LogP contribution in [0, 0.1) is 5.92 Å². The maximum Gasteiger partial charge on any atom is 0.309 e. The molecule has 2 aromatic rings. The number of hydrogen-bond acceptors (Lipinski definition) is 4. The van der Waals surface area contributed by atoms with Crippen molar-refractivity contribution in [2.24, 2.45) is 5.92 Å². The molecule has 1 aliphatic rings. The molecule has 1 fully saturated rings. The molecule has 21 heavy (non-hydrogen) atoms. The van der Waals surface area contributed by atoms with Crippen LogP contribution in [-0.2, 0) is 11.3 Å². The third-order valence-corrected chi connectivity index (χ3v) is 4.84. The number of ether oxygens (including phenoxy) is 1. The first-order valence-corrected chi connectivity index (χ1v) is 7.65. The van der Waals surface area contributed by atoms with E-state index in [1.165, 1.54) is 15.3 Å². The summed E-state index contributed by atoms with van der Waals surface area (Å²) in [5.74, 6) is -0.0156. The van der Waals surface area contributed by atoms with Gasteiger partial charge in [0.1, 0.15) is 5.75 Å². The van der Waals surface area contributed by atoms with Crippen molar-refractivity contribution in [3.8, 4) is 16.2 Å². The van der Waals surface area contributed by atoms with Crippen LogP contribution in [-0.4, -0.2) is 36.2 Å². The highest BCUT2D eigenvalue weighted by molar-refractivity contribution is 7.15. The van der Waals surface area contributed by atoms with Crippen LogP contribution < -0.4 is 4.74 Å². The van der Waals surface area contributed by atoms with Crippen molar-refractivity contribution in [3.63, 3.8) is 0 Å². The van der Waals surface area contributed by atoms with Gasteiger partial charge < -0.3 is 9.84 Å². The minimum Gasteiger partial charge on any atom is -0.497 e.